The molecule has 1 aliphatic carbocycles. The van der Waals surface area contributed by atoms with Crippen LogP contribution in [0.5, 0.6) is 0 Å². The molecule has 0 bridgehead atoms. The SMILES string of the molecule is N#Cc1ccc(C2NC(=O)N(c3cccc(C(F)(F)F)c3)C3=C2C(=O)CCC3)c(F)c1. The number of allylic oxidation sites excluding steroid dienone is 1. The molecule has 0 saturated heterocycles. The quantitative estimate of drug-likeness (QED) is 0.684. The fourth-order valence-corrected chi connectivity index (χ4v) is 3.95. The molecule has 2 amide bonds. The van der Waals surface area contributed by atoms with Gasteiger partial charge >= 0.3 is 12.2 Å². The lowest BCUT2D eigenvalue weighted by Crippen LogP contribution is -2.49. The average molecular weight is 429 g/mol. The summed E-state index contributed by atoms with van der Waals surface area (Å²) in [5.74, 6) is -1.07. The third-order valence-electron chi connectivity index (χ3n) is 5.33. The predicted octanol–water partition coefficient (Wildman–Crippen LogP) is 4.99. The zero-order chi connectivity index (χ0) is 22.3. The Balaban J connectivity index is 1.86. The Hall–Kier alpha value is -3.67. The van der Waals surface area contributed by atoms with Crippen molar-refractivity contribution in [2.45, 2.75) is 31.5 Å². The minimum Gasteiger partial charge on any atom is -0.326 e. The van der Waals surface area contributed by atoms with E-state index in [0.717, 1.165) is 23.1 Å². The van der Waals surface area contributed by atoms with Crippen LogP contribution in [-0.4, -0.2) is 11.8 Å². The number of anilines is 1. The van der Waals surface area contributed by atoms with E-state index >= 15 is 0 Å². The summed E-state index contributed by atoms with van der Waals surface area (Å²) >= 11 is 0. The van der Waals surface area contributed by atoms with Gasteiger partial charge in [-0.25, -0.2) is 9.18 Å². The highest BCUT2D eigenvalue weighted by Crippen LogP contribution is 2.41. The molecule has 158 valence electrons. The van der Waals surface area contributed by atoms with Crippen molar-refractivity contribution in [3.8, 4) is 6.07 Å². The first-order valence-corrected chi connectivity index (χ1v) is 9.44. The van der Waals surface area contributed by atoms with E-state index in [1.54, 1.807) is 0 Å². The smallest absolute Gasteiger partial charge is 0.326 e. The Labute approximate surface area is 174 Å². The molecule has 0 spiro atoms. The molecule has 2 aliphatic rings. The van der Waals surface area contributed by atoms with Crippen LogP contribution in [-0.2, 0) is 11.0 Å². The lowest BCUT2D eigenvalue weighted by molar-refractivity contribution is -0.137. The van der Waals surface area contributed by atoms with Crippen LogP contribution < -0.4 is 10.2 Å². The van der Waals surface area contributed by atoms with Crippen LogP contribution in [0.4, 0.5) is 28.0 Å². The van der Waals surface area contributed by atoms with Gasteiger partial charge in [0.2, 0.25) is 0 Å². The molecule has 1 heterocycles. The molecule has 1 N–H and O–H groups in total. The molecule has 0 aromatic heterocycles. The first-order valence-electron chi connectivity index (χ1n) is 9.44. The van der Waals surface area contributed by atoms with Crippen LogP contribution in [0.1, 0.15) is 42.0 Å². The zero-order valence-electron chi connectivity index (χ0n) is 16.0. The second-order valence-electron chi connectivity index (χ2n) is 7.25. The Morgan fingerprint density at radius 1 is 1.10 bits per heavy atom. The molecule has 1 unspecified atom stereocenters. The molecule has 0 saturated carbocycles. The maximum Gasteiger partial charge on any atom is 0.416 e. The second kappa shape index (κ2) is 7.54. The molecule has 4 rings (SSSR count). The van der Waals surface area contributed by atoms with Crippen LogP contribution >= 0.6 is 0 Å². The third kappa shape index (κ3) is 3.65. The average Bonchev–Trinajstić information content (AvgIpc) is 2.72. The Morgan fingerprint density at radius 2 is 1.87 bits per heavy atom. The van der Waals surface area contributed by atoms with Crippen LogP contribution in [0.3, 0.4) is 0 Å². The number of hydrogen-bond donors (Lipinski definition) is 1. The lowest BCUT2D eigenvalue weighted by atomic mass is 9.84. The molecular weight excluding hydrogens is 414 g/mol. The number of ketones is 1. The van der Waals surface area contributed by atoms with Gasteiger partial charge in [0, 0.05) is 23.3 Å². The minimum absolute atomic E-state index is 0.0128. The fraction of sp³-hybridized carbons (Fsp3) is 0.227. The van der Waals surface area contributed by atoms with E-state index in [4.69, 9.17) is 5.26 Å². The van der Waals surface area contributed by atoms with Crippen LogP contribution in [0.25, 0.3) is 0 Å². The van der Waals surface area contributed by atoms with E-state index in [1.807, 2.05) is 6.07 Å². The summed E-state index contributed by atoms with van der Waals surface area (Å²) < 4.78 is 54.2. The molecule has 2 aromatic rings. The number of nitrogens with zero attached hydrogens (tertiary/aromatic N) is 2. The maximum absolute atomic E-state index is 14.7. The molecule has 9 heteroatoms. The number of carbonyl (C=O) groups is 2. The van der Waals surface area contributed by atoms with Crippen molar-refractivity contribution in [1.29, 1.82) is 5.26 Å². The van der Waals surface area contributed by atoms with Crippen LogP contribution in [0, 0.1) is 17.1 Å². The molecule has 1 atom stereocenters. The van der Waals surface area contributed by atoms with E-state index in [0.29, 0.717) is 6.42 Å². The monoisotopic (exact) mass is 429 g/mol. The maximum atomic E-state index is 14.7. The summed E-state index contributed by atoms with van der Waals surface area (Å²) in [5, 5.41) is 11.5. The number of hydrogen-bond acceptors (Lipinski definition) is 3. The molecule has 5 nitrogen and oxygen atoms in total. The van der Waals surface area contributed by atoms with Crippen molar-refractivity contribution in [1.82, 2.24) is 5.32 Å². The molecule has 0 fully saturated rings. The van der Waals surface area contributed by atoms with Gasteiger partial charge in [0.05, 0.1) is 28.9 Å². The van der Waals surface area contributed by atoms with Gasteiger partial charge in [0.25, 0.3) is 0 Å². The van der Waals surface area contributed by atoms with E-state index in [9.17, 15) is 27.2 Å². The van der Waals surface area contributed by atoms with Crippen molar-refractivity contribution in [2.24, 2.45) is 0 Å². The number of rotatable bonds is 2. The zero-order valence-corrected chi connectivity index (χ0v) is 16.0. The Bertz CT molecular complexity index is 1160. The van der Waals surface area contributed by atoms with Gasteiger partial charge in [-0.15, -0.1) is 0 Å². The summed E-state index contributed by atoms with van der Waals surface area (Å²) in [7, 11) is 0. The fourth-order valence-electron chi connectivity index (χ4n) is 3.95. The summed E-state index contributed by atoms with van der Waals surface area (Å²) in [5.41, 5.74) is -0.465. The van der Waals surface area contributed by atoms with Gasteiger partial charge in [0.1, 0.15) is 5.82 Å². The first kappa shape index (κ1) is 20.6. The van der Waals surface area contributed by atoms with E-state index in [-0.39, 0.29) is 46.7 Å². The van der Waals surface area contributed by atoms with Crippen molar-refractivity contribution in [3.05, 3.63) is 76.2 Å². The number of Topliss-reactive ketones (excluding diaryl/α,β-unsaturated/α-hetero) is 1. The lowest BCUT2D eigenvalue weighted by Gasteiger charge is -2.39. The molecule has 2 aromatic carbocycles. The van der Waals surface area contributed by atoms with E-state index < -0.39 is 29.6 Å². The number of alkyl halides is 3. The van der Waals surface area contributed by atoms with Gasteiger partial charge in [-0.1, -0.05) is 12.1 Å². The van der Waals surface area contributed by atoms with Crippen molar-refractivity contribution in [2.75, 3.05) is 4.90 Å². The van der Waals surface area contributed by atoms with Gasteiger partial charge in [0.15, 0.2) is 5.78 Å². The molecular formula is C22H15F4N3O2. The standard InChI is InChI=1S/C22H15F4N3O2/c23-16-9-12(11-27)7-8-15(16)20-19-17(5-2-6-18(19)30)29(21(31)28-20)14-4-1-3-13(10-14)22(24,25)26/h1,3-4,7-10,20H,2,5-6H2,(H,28,31). The molecule has 0 radical (unpaired) electrons. The first-order chi connectivity index (χ1) is 14.7. The predicted molar refractivity (Wildman–Crippen MR) is 102 cm³/mol. The number of benzene rings is 2. The number of carbonyl (C=O) groups excluding carboxylic acids is 2. The van der Waals surface area contributed by atoms with Crippen LogP contribution in [0.2, 0.25) is 0 Å². The molecule has 1 aliphatic heterocycles. The normalized spacial score (nSPS) is 19.1. The van der Waals surface area contributed by atoms with E-state index in [2.05, 4.69) is 5.32 Å². The highest BCUT2D eigenvalue weighted by Gasteiger charge is 2.41. The number of halogens is 4. The summed E-state index contributed by atoms with van der Waals surface area (Å²) in [4.78, 5) is 26.8. The van der Waals surface area contributed by atoms with E-state index in [1.165, 1.54) is 24.3 Å². The van der Waals surface area contributed by atoms with Crippen molar-refractivity contribution >= 4 is 17.5 Å². The summed E-state index contributed by atoms with van der Waals surface area (Å²) in [6, 6.07) is 7.92. The summed E-state index contributed by atoms with van der Waals surface area (Å²) in [6.07, 6.45) is -3.72. The largest absolute Gasteiger partial charge is 0.416 e. The highest BCUT2D eigenvalue weighted by atomic mass is 19.4. The molecule has 31 heavy (non-hydrogen) atoms. The summed E-state index contributed by atoms with van der Waals surface area (Å²) in [6.45, 7) is 0. The van der Waals surface area contributed by atoms with Gasteiger partial charge in [-0.2, -0.15) is 18.4 Å². The van der Waals surface area contributed by atoms with Gasteiger partial charge in [-0.3, -0.25) is 9.69 Å². The minimum atomic E-state index is -4.60. The van der Waals surface area contributed by atoms with Gasteiger partial charge in [-0.05, 0) is 43.2 Å². The highest BCUT2D eigenvalue weighted by molar-refractivity contribution is 6.06. The number of urea groups is 1. The van der Waals surface area contributed by atoms with Crippen molar-refractivity contribution < 1.29 is 27.2 Å². The topological polar surface area (TPSA) is 73.2 Å². The Kier molecular flexibility index (Phi) is 5.01. The Morgan fingerprint density at radius 3 is 2.55 bits per heavy atom. The van der Waals surface area contributed by atoms with Crippen LogP contribution in [0.15, 0.2) is 53.7 Å². The number of nitrogens with one attached hydrogen (secondary N) is 1. The van der Waals surface area contributed by atoms with Gasteiger partial charge < -0.3 is 5.32 Å². The number of nitriles is 1. The second-order valence-corrected chi connectivity index (χ2v) is 7.25. The third-order valence-corrected chi connectivity index (χ3v) is 5.33. The number of amides is 2. The van der Waals surface area contributed by atoms with Crippen molar-refractivity contribution in [3.63, 3.8) is 0 Å².